The number of aryl methyl sites for hydroxylation is 2. The van der Waals surface area contributed by atoms with E-state index in [4.69, 9.17) is 16.3 Å². The molecule has 2 heterocycles. The zero-order chi connectivity index (χ0) is 20.6. The smallest absolute Gasteiger partial charge is 0.356 e. The summed E-state index contributed by atoms with van der Waals surface area (Å²) < 4.78 is 8.69. The lowest BCUT2D eigenvalue weighted by molar-refractivity contribution is 0.0680. The zero-order valence-corrected chi connectivity index (χ0v) is 16.9. The first-order valence-corrected chi connectivity index (χ1v) is 9.38. The highest BCUT2D eigenvalue weighted by Gasteiger charge is 2.27. The second kappa shape index (κ2) is 7.67. The highest BCUT2D eigenvalue weighted by atomic mass is 35.5. The molecule has 7 nitrogen and oxygen atoms in total. The van der Waals surface area contributed by atoms with Crippen LogP contribution in [0.5, 0.6) is 5.75 Å². The number of aromatic nitrogens is 3. The van der Waals surface area contributed by atoms with Crippen LogP contribution in [-0.4, -0.2) is 31.3 Å². The maximum Gasteiger partial charge on any atom is 0.356 e. The van der Waals surface area contributed by atoms with Crippen LogP contribution in [0.4, 0.5) is 0 Å². The Bertz CT molecular complexity index is 1110. The fourth-order valence-electron chi connectivity index (χ4n) is 3.25. The van der Waals surface area contributed by atoms with Crippen LogP contribution in [0.2, 0.25) is 5.02 Å². The Kier molecular flexibility index (Phi) is 5.47. The SMILES string of the molecule is CCc1nc2c(c(OC(C)C)c(C(=O)O)n2C)c(=O)n1Cc1cccc(Cl)c1. The van der Waals surface area contributed by atoms with Gasteiger partial charge in [-0.15, -0.1) is 0 Å². The highest BCUT2D eigenvalue weighted by molar-refractivity contribution is 6.30. The number of carbonyl (C=O) groups is 1. The monoisotopic (exact) mass is 403 g/mol. The van der Waals surface area contributed by atoms with Gasteiger partial charge in [0.2, 0.25) is 0 Å². The number of hydrogen-bond acceptors (Lipinski definition) is 4. The Morgan fingerprint density at radius 1 is 1.36 bits per heavy atom. The van der Waals surface area contributed by atoms with Gasteiger partial charge in [-0.1, -0.05) is 30.7 Å². The summed E-state index contributed by atoms with van der Waals surface area (Å²) in [5.74, 6) is -0.555. The van der Waals surface area contributed by atoms with Crippen LogP contribution in [0, 0.1) is 0 Å². The molecule has 0 atom stereocenters. The molecule has 3 rings (SSSR count). The second-order valence-electron chi connectivity index (χ2n) is 6.81. The molecule has 0 amide bonds. The second-order valence-corrected chi connectivity index (χ2v) is 7.25. The molecule has 1 N–H and O–H groups in total. The van der Waals surface area contributed by atoms with E-state index in [0.29, 0.717) is 22.9 Å². The van der Waals surface area contributed by atoms with E-state index in [0.717, 1.165) is 5.56 Å². The number of aromatic carboxylic acids is 1. The number of carboxylic acid groups (broad SMARTS) is 1. The molecule has 1 aromatic carbocycles. The van der Waals surface area contributed by atoms with Crippen molar-refractivity contribution in [2.75, 3.05) is 0 Å². The Hall–Kier alpha value is -2.80. The third-order valence-corrected chi connectivity index (χ3v) is 4.66. The van der Waals surface area contributed by atoms with Crippen molar-refractivity contribution in [3.63, 3.8) is 0 Å². The summed E-state index contributed by atoms with van der Waals surface area (Å²) in [6.45, 7) is 5.74. The van der Waals surface area contributed by atoms with E-state index in [1.807, 2.05) is 19.1 Å². The lowest BCUT2D eigenvalue weighted by atomic mass is 10.2. The van der Waals surface area contributed by atoms with Gasteiger partial charge >= 0.3 is 5.97 Å². The molecule has 148 valence electrons. The van der Waals surface area contributed by atoms with Crippen molar-refractivity contribution < 1.29 is 14.6 Å². The van der Waals surface area contributed by atoms with Crippen molar-refractivity contribution in [3.05, 3.63) is 56.7 Å². The van der Waals surface area contributed by atoms with Crippen LogP contribution in [0.25, 0.3) is 11.0 Å². The molecule has 2 aromatic heterocycles. The number of rotatable bonds is 6. The number of nitrogens with zero attached hydrogens (tertiary/aromatic N) is 3. The molecule has 0 saturated carbocycles. The van der Waals surface area contributed by atoms with E-state index in [2.05, 4.69) is 4.98 Å². The third kappa shape index (κ3) is 3.49. The van der Waals surface area contributed by atoms with Crippen molar-refractivity contribution in [2.45, 2.75) is 39.8 Å². The molecule has 0 radical (unpaired) electrons. The standard InChI is InChI=1S/C20H22ClN3O4/c1-5-14-22-18-15(17(28-11(2)3)16(20(26)27)23(18)4)19(25)24(14)10-12-7-6-8-13(21)9-12/h6-9,11H,5,10H2,1-4H3,(H,26,27). The number of hydrogen-bond donors (Lipinski definition) is 1. The van der Waals surface area contributed by atoms with Gasteiger partial charge in [0, 0.05) is 18.5 Å². The summed E-state index contributed by atoms with van der Waals surface area (Å²) in [5.41, 5.74) is 0.736. The van der Waals surface area contributed by atoms with E-state index in [1.165, 1.54) is 4.57 Å². The normalized spacial score (nSPS) is 11.4. The quantitative estimate of drug-likeness (QED) is 0.680. The fraction of sp³-hybridized carbons (Fsp3) is 0.350. The summed E-state index contributed by atoms with van der Waals surface area (Å²) in [6, 6.07) is 7.25. The van der Waals surface area contributed by atoms with Crippen molar-refractivity contribution >= 4 is 28.6 Å². The van der Waals surface area contributed by atoms with Gasteiger partial charge in [-0.2, -0.15) is 0 Å². The maximum atomic E-state index is 13.4. The van der Waals surface area contributed by atoms with Crippen LogP contribution in [-0.2, 0) is 20.0 Å². The molecule has 0 saturated heterocycles. The molecule has 0 fully saturated rings. The van der Waals surface area contributed by atoms with Crippen LogP contribution in [0.3, 0.4) is 0 Å². The van der Waals surface area contributed by atoms with Crippen LogP contribution < -0.4 is 10.3 Å². The van der Waals surface area contributed by atoms with Gasteiger partial charge in [0.25, 0.3) is 5.56 Å². The Morgan fingerprint density at radius 2 is 2.07 bits per heavy atom. The molecule has 28 heavy (non-hydrogen) atoms. The van der Waals surface area contributed by atoms with Crippen molar-refractivity contribution in [1.29, 1.82) is 0 Å². The number of fused-ring (bicyclic) bond motifs is 1. The van der Waals surface area contributed by atoms with Crippen molar-refractivity contribution in [2.24, 2.45) is 7.05 Å². The number of carboxylic acids is 1. The van der Waals surface area contributed by atoms with Crippen LogP contribution in [0.1, 0.15) is 42.6 Å². The van der Waals surface area contributed by atoms with E-state index < -0.39 is 5.97 Å². The van der Waals surface area contributed by atoms with Crippen LogP contribution in [0.15, 0.2) is 29.1 Å². The Balaban J connectivity index is 2.32. The lowest BCUT2D eigenvalue weighted by Gasteiger charge is -2.13. The summed E-state index contributed by atoms with van der Waals surface area (Å²) in [7, 11) is 1.58. The predicted molar refractivity (Wildman–Crippen MR) is 108 cm³/mol. The first-order valence-electron chi connectivity index (χ1n) is 9.01. The topological polar surface area (TPSA) is 86.3 Å². The Morgan fingerprint density at radius 3 is 2.64 bits per heavy atom. The minimum atomic E-state index is -1.17. The molecule has 0 aliphatic carbocycles. The van der Waals surface area contributed by atoms with Gasteiger partial charge in [0.1, 0.15) is 11.2 Å². The Labute approximate surface area is 167 Å². The number of ether oxygens (including phenoxy) is 1. The number of benzene rings is 1. The molecule has 0 unspecified atom stereocenters. The summed E-state index contributed by atoms with van der Waals surface area (Å²) >= 11 is 6.07. The lowest BCUT2D eigenvalue weighted by Crippen LogP contribution is -2.26. The summed E-state index contributed by atoms with van der Waals surface area (Å²) in [6.07, 6.45) is 0.218. The van der Waals surface area contributed by atoms with Crippen molar-refractivity contribution in [3.8, 4) is 5.75 Å². The van der Waals surface area contributed by atoms with E-state index >= 15 is 0 Å². The predicted octanol–water partition coefficient (Wildman–Crippen LogP) is 3.48. The average molecular weight is 404 g/mol. The van der Waals surface area contributed by atoms with Gasteiger partial charge in [-0.3, -0.25) is 9.36 Å². The minimum absolute atomic E-state index is 0.0556. The van der Waals surface area contributed by atoms with Crippen LogP contribution >= 0.6 is 11.6 Å². The van der Waals surface area contributed by atoms with Gasteiger partial charge in [0.15, 0.2) is 17.1 Å². The molecule has 8 heteroatoms. The zero-order valence-electron chi connectivity index (χ0n) is 16.2. The van der Waals surface area contributed by atoms with E-state index in [9.17, 15) is 14.7 Å². The van der Waals surface area contributed by atoms with Gasteiger partial charge in [-0.25, -0.2) is 9.78 Å². The highest BCUT2D eigenvalue weighted by Crippen LogP contribution is 2.30. The largest absolute Gasteiger partial charge is 0.488 e. The molecule has 3 aromatic rings. The number of halogens is 1. The summed E-state index contributed by atoms with van der Waals surface area (Å²) in [4.78, 5) is 29.8. The first-order chi connectivity index (χ1) is 13.2. The molecule has 0 aliphatic heterocycles. The maximum absolute atomic E-state index is 13.4. The van der Waals surface area contributed by atoms with Gasteiger partial charge in [-0.05, 0) is 31.5 Å². The third-order valence-electron chi connectivity index (χ3n) is 4.43. The van der Waals surface area contributed by atoms with E-state index in [1.54, 1.807) is 37.6 Å². The molecular formula is C20H22ClN3O4. The first kappa shape index (κ1) is 19.9. The fourth-order valence-corrected chi connectivity index (χ4v) is 3.46. The minimum Gasteiger partial charge on any atom is -0.488 e. The average Bonchev–Trinajstić information content (AvgIpc) is 2.88. The van der Waals surface area contributed by atoms with Crippen molar-refractivity contribution in [1.82, 2.24) is 14.1 Å². The van der Waals surface area contributed by atoms with E-state index in [-0.39, 0.29) is 35.0 Å². The summed E-state index contributed by atoms with van der Waals surface area (Å²) in [5, 5.41) is 10.4. The van der Waals surface area contributed by atoms with Gasteiger partial charge in [0.05, 0.1) is 12.6 Å². The van der Waals surface area contributed by atoms with Gasteiger partial charge < -0.3 is 14.4 Å². The molecule has 0 spiro atoms. The molecular weight excluding hydrogens is 382 g/mol. The molecule has 0 bridgehead atoms. The molecule has 0 aliphatic rings.